The number of nitrogens with one attached hydrogen (secondary N) is 3. The van der Waals surface area contributed by atoms with Crippen molar-refractivity contribution in [2.24, 2.45) is 5.92 Å². The van der Waals surface area contributed by atoms with Crippen LogP contribution in [-0.4, -0.2) is 38.7 Å². The maximum atomic E-state index is 12.4. The van der Waals surface area contributed by atoms with Gasteiger partial charge in [0.05, 0.1) is 11.6 Å². The molecule has 128 valence electrons. The Hall–Kier alpha value is -2.62. The lowest BCUT2D eigenvalue weighted by atomic mass is 10.0. The monoisotopic (exact) mass is 355 g/mol. The summed E-state index contributed by atoms with van der Waals surface area (Å²) in [5, 5.41) is 12.5. The Morgan fingerprint density at radius 2 is 2.20 bits per heavy atom. The van der Waals surface area contributed by atoms with Gasteiger partial charge in [-0.15, -0.1) is 21.5 Å². The van der Waals surface area contributed by atoms with Gasteiger partial charge < -0.3 is 5.32 Å². The van der Waals surface area contributed by atoms with Crippen LogP contribution in [0.15, 0.2) is 48.5 Å². The minimum absolute atomic E-state index is 0.125. The van der Waals surface area contributed by atoms with E-state index >= 15 is 0 Å². The summed E-state index contributed by atoms with van der Waals surface area (Å²) in [6.45, 7) is 1.41. The number of carbonyl (C=O) groups is 1. The molecule has 9 heteroatoms. The maximum absolute atomic E-state index is 12.4. The molecule has 2 unspecified atom stereocenters. The molecule has 1 fully saturated rings. The number of aromatic nitrogens is 4. The van der Waals surface area contributed by atoms with Crippen LogP contribution >= 0.6 is 11.3 Å². The number of nitrogens with zero attached hydrogens (tertiary/aromatic N) is 4. The van der Waals surface area contributed by atoms with Crippen molar-refractivity contribution in [1.29, 1.82) is 0 Å². The molecule has 1 saturated heterocycles. The molecule has 8 nitrogen and oxygen atoms in total. The number of rotatable bonds is 5. The Bertz CT molecular complexity index is 817. The van der Waals surface area contributed by atoms with Gasteiger partial charge >= 0.3 is 0 Å². The molecular weight excluding hydrogens is 338 g/mol. The molecule has 1 aliphatic heterocycles. The largest absolute Gasteiger partial charge is 0.352 e. The number of thiophene rings is 1. The van der Waals surface area contributed by atoms with E-state index in [2.05, 4.69) is 42.8 Å². The van der Waals surface area contributed by atoms with Crippen LogP contribution in [0.25, 0.3) is 5.82 Å². The molecule has 4 rings (SSSR count). The Morgan fingerprint density at radius 3 is 2.92 bits per heavy atom. The fourth-order valence-electron chi connectivity index (χ4n) is 2.82. The van der Waals surface area contributed by atoms with Crippen LogP contribution in [0.3, 0.4) is 0 Å². The second-order valence-electron chi connectivity index (χ2n) is 5.76. The second-order valence-corrected chi connectivity index (χ2v) is 6.74. The summed E-state index contributed by atoms with van der Waals surface area (Å²) in [4.78, 5) is 17.9. The summed E-state index contributed by atoms with van der Waals surface area (Å²) in [5.41, 5.74) is 6.98. The molecule has 4 heterocycles. The van der Waals surface area contributed by atoms with Gasteiger partial charge in [0.15, 0.2) is 0 Å². The molecule has 2 atom stereocenters. The first-order valence-electron chi connectivity index (χ1n) is 7.92. The van der Waals surface area contributed by atoms with Gasteiger partial charge in [-0.05, 0) is 23.6 Å². The average molecular weight is 355 g/mol. The van der Waals surface area contributed by atoms with Crippen LogP contribution in [0.2, 0.25) is 0 Å². The molecule has 25 heavy (non-hydrogen) atoms. The number of hydrogen-bond donors (Lipinski definition) is 3. The van der Waals surface area contributed by atoms with Gasteiger partial charge in [0.1, 0.15) is 18.5 Å². The van der Waals surface area contributed by atoms with E-state index < -0.39 is 0 Å². The zero-order valence-corrected chi connectivity index (χ0v) is 14.1. The van der Waals surface area contributed by atoms with Gasteiger partial charge in [0, 0.05) is 30.1 Å². The van der Waals surface area contributed by atoms with Crippen molar-refractivity contribution in [3.63, 3.8) is 0 Å². The third kappa shape index (κ3) is 3.43. The number of hydrazine groups is 1. The zero-order valence-electron chi connectivity index (χ0n) is 13.3. The smallest absolute Gasteiger partial charge is 0.252 e. The molecule has 0 bridgehead atoms. The quantitative estimate of drug-likeness (QED) is 0.630. The van der Waals surface area contributed by atoms with Crippen LogP contribution in [0.1, 0.15) is 21.3 Å². The Balaban J connectivity index is 1.37. The van der Waals surface area contributed by atoms with Crippen molar-refractivity contribution in [2.75, 3.05) is 13.1 Å². The molecule has 0 radical (unpaired) electrons. The molecular formula is C16H17N7OS. The minimum atomic E-state index is -0.125. The molecule has 3 aromatic heterocycles. The van der Waals surface area contributed by atoms with E-state index in [1.54, 1.807) is 46.9 Å². The van der Waals surface area contributed by atoms with Gasteiger partial charge in [-0.2, -0.15) is 0 Å². The standard InChI is InChI=1S/C16H17N7OS/c24-16(11-3-4-14(17-6-11)23-9-20-21-10-23)18-7-12-8-19-22-15(12)13-2-1-5-25-13/h1-6,9-10,12,15,19,22H,7-8H2,(H,18,24). The van der Waals surface area contributed by atoms with Crippen LogP contribution in [0.5, 0.6) is 0 Å². The Labute approximate surface area is 148 Å². The fraction of sp³-hybridized carbons (Fsp3) is 0.250. The van der Waals surface area contributed by atoms with Crippen molar-refractivity contribution >= 4 is 17.2 Å². The molecule has 3 N–H and O–H groups in total. The number of hydrogen-bond acceptors (Lipinski definition) is 7. The topological polar surface area (TPSA) is 96.8 Å². The number of pyridine rings is 1. The highest BCUT2D eigenvalue weighted by Gasteiger charge is 2.29. The molecule has 0 spiro atoms. The predicted molar refractivity (Wildman–Crippen MR) is 93.2 cm³/mol. The van der Waals surface area contributed by atoms with Crippen LogP contribution in [0, 0.1) is 5.92 Å². The van der Waals surface area contributed by atoms with Crippen molar-refractivity contribution in [3.8, 4) is 5.82 Å². The number of amides is 1. The summed E-state index contributed by atoms with van der Waals surface area (Å²) < 4.78 is 1.68. The van der Waals surface area contributed by atoms with Crippen molar-refractivity contribution in [1.82, 2.24) is 35.9 Å². The van der Waals surface area contributed by atoms with Gasteiger partial charge in [-0.1, -0.05) is 6.07 Å². The van der Waals surface area contributed by atoms with E-state index in [4.69, 9.17) is 0 Å². The molecule has 3 aromatic rings. The van der Waals surface area contributed by atoms with Crippen LogP contribution in [-0.2, 0) is 0 Å². The maximum Gasteiger partial charge on any atom is 0.252 e. The molecule has 0 aliphatic carbocycles. The molecule has 0 aromatic carbocycles. The molecule has 0 saturated carbocycles. The van der Waals surface area contributed by atoms with Crippen LogP contribution in [0.4, 0.5) is 0 Å². The van der Waals surface area contributed by atoms with Gasteiger partial charge in [-0.25, -0.2) is 10.4 Å². The lowest BCUT2D eigenvalue weighted by Crippen LogP contribution is -2.32. The third-order valence-electron chi connectivity index (χ3n) is 4.16. The first-order chi connectivity index (χ1) is 12.3. The first-order valence-corrected chi connectivity index (χ1v) is 8.80. The van der Waals surface area contributed by atoms with Crippen molar-refractivity contribution in [2.45, 2.75) is 6.04 Å². The summed E-state index contributed by atoms with van der Waals surface area (Å²) in [6.07, 6.45) is 4.69. The highest BCUT2D eigenvalue weighted by atomic mass is 32.1. The molecule has 1 aliphatic rings. The van der Waals surface area contributed by atoms with E-state index in [9.17, 15) is 4.79 Å². The highest BCUT2D eigenvalue weighted by molar-refractivity contribution is 7.10. The second kappa shape index (κ2) is 7.09. The summed E-state index contributed by atoms with van der Waals surface area (Å²) in [7, 11) is 0. The first kappa shape index (κ1) is 15.9. The lowest BCUT2D eigenvalue weighted by molar-refractivity contribution is 0.0946. The summed E-state index contributed by atoms with van der Waals surface area (Å²) in [6, 6.07) is 7.89. The van der Waals surface area contributed by atoms with Gasteiger partial charge in [0.25, 0.3) is 5.91 Å². The minimum Gasteiger partial charge on any atom is -0.352 e. The van der Waals surface area contributed by atoms with Gasteiger partial charge in [-0.3, -0.25) is 14.8 Å². The normalized spacial score (nSPS) is 19.8. The van der Waals surface area contributed by atoms with Crippen molar-refractivity contribution in [3.05, 3.63) is 58.9 Å². The molecule has 1 amide bonds. The Morgan fingerprint density at radius 1 is 1.32 bits per heavy atom. The third-order valence-corrected chi connectivity index (χ3v) is 5.12. The summed E-state index contributed by atoms with van der Waals surface area (Å²) >= 11 is 1.72. The average Bonchev–Trinajstić information content (AvgIpc) is 3.41. The summed E-state index contributed by atoms with van der Waals surface area (Å²) in [5.74, 6) is 0.843. The fourth-order valence-corrected chi connectivity index (χ4v) is 3.68. The van der Waals surface area contributed by atoms with E-state index in [1.807, 2.05) is 6.07 Å². The van der Waals surface area contributed by atoms with E-state index in [-0.39, 0.29) is 11.9 Å². The highest BCUT2D eigenvalue weighted by Crippen LogP contribution is 2.27. The predicted octanol–water partition coefficient (Wildman–Crippen LogP) is 0.919. The van der Waals surface area contributed by atoms with E-state index in [0.717, 1.165) is 6.54 Å². The zero-order chi connectivity index (χ0) is 17.1. The lowest BCUT2D eigenvalue weighted by Gasteiger charge is -2.17. The van der Waals surface area contributed by atoms with Gasteiger partial charge in [0.2, 0.25) is 0 Å². The van der Waals surface area contributed by atoms with Crippen molar-refractivity contribution < 1.29 is 4.79 Å². The van der Waals surface area contributed by atoms with E-state index in [0.29, 0.717) is 23.8 Å². The van der Waals surface area contributed by atoms with Crippen LogP contribution < -0.4 is 16.2 Å². The Kier molecular flexibility index (Phi) is 4.51. The number of carbonyl (C=O) groups excluding carboxylic acids is 1. The SMILES string of the molecule is O=C(NCC1CNNC1c1cccs1)c1ccc(-n2cnnc2)nc1. The van der Waals surface area contributed by atoms with E-state index in [1.165, 1.54) is 4.88 Å².